The van der Waals surface area contributed by atoms with E-state index in [1.165, 1.54) is 10.9 Å². The Balaban J connectivity index is 2.28. The molecule has 0 amide bonds. The number of aromatic nitrogens is 2. The summed E-state index contributed by atoms with van der Waals surface area (Å²) in [6.07, 6.45) is 2.08. The lowest BCUT2D eigenvalue weighted by atomic mass is 10.1. The molecule has 4 nitrogen and oxygen atoms in total. The summed E-state index contributed by atoms with van der Waals surface area (Å²) < 4.78 is 7.84. The number of nitrogens with zero attached hydrogens (tertiary/aromatic N) is 2. The van der Waals surface area contributed by atoms with Crippen molar-refractivity contribution in [3.05, 3.63) is 36.2 Å². The summed E-state index contributed by atoms with van der Waals surface area (Å²) in [4.78, 5) is 4.33. The van der Waals surface area contributed by atoms with Crippen molar-refractivity contribution >= 4 is 16.9 Å². The number of hydrogen-bond acceptors (Lipinski definition) is 3. The summed E-state index contributed by atoms with van der Waals surface area (Å²) in [6, 6.07) is 8.83. The van der Waals surface area contributed by atoms with E-state index in [2.05, 4.69) is 33.2 Å². The number of rotatable bonds is 2. The van der Waals surface area contributed by atoms with E-state index in [0.29, 0.717) is 6.01 Å². The molecule has 0 aliphatic heterocycles. The van der Waals surface area contributed by atoms with Gasteiger partial charge in [-0.25, -0.2) is 0 Å². The molecule has 0 saturated heterocycles. The SMILES string of the molecule is CNc1nc(C)c(-c2cn(C)c3ccccc23)o1. The van der Waals surface area contributed by atoms with Gasteiger partial charge in [-0.15, -0.1) is 0 Å². The highest BCUT2D eigenvalue weighted by atomic mass is 16.4. The molecule has 4 heteroatoms. The smallest absolute Gasteiger partial charge is 0.295 e. The largest absolute Gasteiger partial charge is 0.423 e. The molecule has 0 radical (unpaired) electrons. The zero-order valence-corrected chi connectivity index (χ0v) is 10.7. The fourth-order valence-corrected chi connectivity index (χ4v) is 2.28. The van der Waals surface area contributed by atoms with Gasteiger partial charge in [0, 0.05) is 36.8 Å². The molecule has 0 bridgehead atoms. The van der Waals surface area contributed by atoms with Crippen LogP contribution in [0.2, 0.25) is 0 Å². The molecule has 1 aromatic carbocycles. The highest BCUT2D eigenvalue weighted by molar-refractivity contribution is 5.95. The van der Waals surface area contributed by atoms with Gasteiger partial charge in [-0.05, 0) is 13.0 Å². The van der Waals surface area contributed by atoms with E-state index >= 15 is 0 Å². The van der Waals surface area contributed by atoms with Crippen LogP contribution in [0, 0.1) is 6.92 Å². The molecule has 2 aromatic heterocycles. The number of anilines is 1. The third-order valence-electron chi connectivity index (χ3n) is 3.15. The second-order valence-corrected chi connectivity index (χ2v) is 4.35. The Bertz CT molecular complexity index is 709. The van der Waals surface area contributed by atoms with Gasteiger partial charge in [0.1, 0.15) is 0 Å². The minimum atomic E-state index is 0.551. The van der Waals surface area contributed by atoms with Crippen LogP contribution in [-0.2, 0) is 7.05 Å². The number of hydrogen-bond donors (Lipinski definition) is 1. The van der Waals surface area contributed by atoms with Gasteiger partial charge in [0.15, 0.2) is 5.76 Å². The van der Waals surface area contributed by atoms with E-state index in [1.54, 1.807) is 7.05 Å². The first kappa shape index (κ1) is 10.9. The molecule has 0 aliphatic carbocycles. The lowest BCUT2D eigenvalue weighted by Gasteiger charge is -1.95. The van der Waals surface area contributed by atoms with Crippen LogP contribution < -0.4 is 5.32 Å². The maximum Gasteiger partial charge on any atom is 0.295 e. The molecule has 3 rings (SSSR count). The highest BCUT2D eigenvalue weighted by Crippen LogP contribution is 2.33. The van der Waals surface area contributed by atoms with Crippen molar-refractivity contribution in [3.63, 3.8) is 0 Å². The van der Waals surface area contributed by atoms with Gasteiger partial charge < -0.3 is 14.3 Å². The predicted molar refractivity (Wildman–Crippen MR) is 72.7 cm³/mol. The molecule has 1 N–H and O–H groups in total. The minimum Gasteiger partial charge on any atom is -0.423 e. The maximum absolute atomic E-state index is 5.74. The third kappa shape index (κ3) is 1.49. The number of fused-ring (bicyclic) bond motifs is 1. The molecule has 0 spiro atoms. The van der Waals surface area contributed by atoms with Crippen LogP contribution in [0.1, 0.15) is 5.69 Å². The summed E-state index contributed by atoms with van der Waals surface area (Å²) in [5.41, 5.74) is 3.17. The standard InChI is InChI=1S/C14H15N3O/c1-9-13(18-14(15-2)16-9)11-8-17(3)12-7-5-4-6-10(11)12/h4-8H,1-3H3,(H,15,16). The molecule has 2 heterocycles. The number of aryl methyl sites for hydroxylation is 2. The Morgan fingerprint density at radius 3 is 2.78 bits per heavy atom. The molecule has 0 unspecified atom stereocenters. The molecule has 18 heavy (non-hydrogen) atoms. The van der Waals surface area contributed by atoms with Crippen molar-refractivity contribution in [3.8, 4) is 11.3 Å². The lowest BCUT2D eigenvalue weighted by molar-refractivity contribution is 0.589. The van der Waals surface area contributed by atoms with Gasteiger partial charge in [-0.1, -0.05) is 18.2 Å². The van der Waals surface area contributed by atoms with Crippen LogP contribution in [0.25, 0.3) is 22.2 Å². The Kier molecular flexibility index (Phi) is 2.37. The van der Waals surface area contributed by atoms with E-state index in [0.717, 1.165) is 17.0 Å². The van der Waals surface area contributed by atoms with Crippen LogP contribution >= 0.6 is 0 Å². The van der Waals surface area contributed by atoms with Crippen LogP contribution in [0.15, 0.2) is 34.9 Å². The quantitative estimate of drug-likeness (QED) is 0.749. The molecular formula is C14H15N3O. The van der Waals surface area contributed by atoms with Gasteiger partial charge in [0.05, 0.1) is 5.69 Å². The molecular weight excluding hydrogens is 226 g/mol. The Morgan fingerprint density at radius 2 is 2.06 bits per heavy atom. The maximum atomic E-state index is 5.74. The van der Waals surface area contributed by atoms with Crippen molar-refractivity contribution in [2.24, 2.45) is 7.05 Å². The van der Waals surface area contributed by atoms with Crippen LogP contribution in [-0.4, -0.2) is 16.6 Å². The second kappa shape index (κ2) is 3.91. The summed E-state index contributed by atoms with van der Waals surface area (Å²) in [6.45, 7) is 1.96. The first-order chi connectivity index (χ1) is 8.70. The molecule has 0 atom stereocenters. The topological polar surface area (TPSA) is 43.0 Å². The number of nitrogens with one attached hydrogen (secondary N) is 1. The van der Waals surface area contributed by atoms with Gasteiger partial charge in [-0.3, -0.25) is 0 Å². The van der Waals surface area contributed by atoms with Crippen molar-refractivity contribution in [1.82, 2.24) is 9.55 Å². The minimum absolute atomic E-state index is 0.551. The number of benzene rings is 1. The number of para-hydroxylation sites is 1. The summed E-state index contributed by atoms with van der Waals surface area (Å²) in [7, 11) is 3.84. The van der Waals surface area contributed by atoms with Crippen LogP contribution in [0.4, 0.5) is 6.01 Å². The van der Waals surface area contributed by atoms with Gasteiger partial charge in [0.2, 0.25) is 0 Å². The normalized spacial score (nSPS) is 11.1. The van der Waals surface area contributed by atoms with E-state index < -0.39 is 0 Å². The highest BCUT2D eigenvalue weighted by Gasteiger charge is 2.15. The molecule has 3 aromatic rings. The molecule has 0 saturated carbocycles. The van der Waals surface area contributed by atoms with Crippen LogP contribution in [0.3, 0.4) is 0 Å². The van der Waals surface area contributed by atoms with Crippen molar-refractivity contribution in [1.29, 1.82) is 0 Å². The Hall–Kier alpha value is -2.23. The summed E-state index contributed by atoms with van der Waals surface area (Å²) in [5, 5.41) is 4.11. The molecule has 92 valence electrons. The van der Waals surface area contributed by atoms with E-state index in [-0.39, 0.29) is 0 Å². The first-order valence-electron chi connectivity index (χ1n) is 5.90. The average molecular weight is 241 g/mol. The van der Waals surface area contributed by atoms with Gasteiger partial charge in [0.25, 0.3) is 6.01 Å². The Labute approximate surface area is 105 Å². The molecule has 0 fully saturated rings. The second-order valence-electron chi connectivity index (χ2n) is 4.35. The predicted octanol–water partition coefficient (Wildman–Crippen LogP) is 3.18. The van der Waals surface area contributed by atoms with Crippen molar-refractivity contribution in [2.45, 2.75) is 6.92 Å². The monoisotopic (exact) mass is 241 g/mol. The van der Waals surface area contributed by atoms with Gasteiger partial charge in [-0.2, -0.15) is 4.98 Å². The fraction of sp³-hybridized carbons (Fsp3) is 0.214. The van der Waals surface area contributed by atoms with Crippen LogP contribution in [0.5, 0.6) is 0 Å². The van der Waals surface area contributed by atoms with E-state index in [4.69, 9.17) is 4.42 Å². The van der Waals surface area contributed by atoms with Crippen molar-refractivity contribution < 1.29 is 4.42 Å². The third-order valence-corrected chi connectivity index (χ3v) is 3.15. The van der Waals surface area contributed by atoms with E-state index in [1.807, 2.05) is 26.1 Å². The van der Waals surface area contributed by atoms with Crippen molar-refractivity contribution in [2.75, 3.05) is 12.4 Å². The Morgan fingerprint density at radius 1 is 1.28 bits per heavy atom. The zero-order valence-electron chi connectivity index (χ0n) is 10.7. The average Bonchev–Trinajstić information content (AvgIpc) is 2.91. The molecule has 0 aliphatic rings. The fourth-order valence-electron chi connectivity index (χ4n) is 2.28. The van der Waals surface area contributed by atoms with E-state index in [9.17, 15) is 0 Å². The first-order valence-corrected chi connectivity index (χ1v) is 5.90. The zero-order chi connectivity index (χ0) is 12.7. The lowest BCUT2D eigenvalue weighted by Crippen LogP contribution is -1.85. The van der Waals surface area contributed by atoms with Gasteiger partial charge >= 0.3 is 0 Å². The summed E-state index contributed by atoms with van der Waals surface area (Å²) >= 11 is 0. The number of oxazole rings is 1. The summed E-state index contributed by atoms with van der Waals surface area (Å²) in [5.74, 6) is 0.830.